The second-order valence-corrected chi connectivity index (χ2v) is 4.84. The Labute approximate surface area is 100 Å². The summed E-state index contributed by atoms with van der Waals surface area (Å²) in [6.45, 7) is 0.879. The minimum absolute atomic E-state index is 0.115. The van der Waals surface area contributed by atoms with Crippen LogP contribution in [-0.2, 0) is 0 Å². The van der Waals surface area contributed by atoms with Gasteiger partial charge in [-0.25, -0.2) is 4.98 Å². The maximum atomic E-state index is 9.21. The van der Waals surface area contributed by atoms with Gasteiger partial charge in [-0.1, -0.05) is 11.6 Å². The summed E-state index contributed by atoms with van der Waals surface area (Å²) in [5, 5.41) is 9.63. The normalized spacial score (nSPS) is 23.9. The first-order valence-electron chi connectivity index (χ1n) is 5.37. The molecule has 3 N–H and O–H groups in total. The van der Waals surface area contributed by atoms with E-state index in [9.17, 15) is 5.11 Å². The summed E-state index contributed by atoms with van der Waals surface area (Å²) < 4.78 is 0. The van der Waals surface area contributed by atoms with Crippen LogP contribution in [0, 0.1) is 5.92 Å². The second kappa shape index (κ2) is 4.47. The Morgan fingerprint density at radius 1 is 1.56 bits per heavy atom. The van der Waals surface area contributed by atoms with Crippen molar-refractivity contribution < 1.29 is 5.11 Å². The molecule has 0 saturated heterocycles. The number of rotatable bonds is 3. The number of nitrogens with two attached hydrogens (primary N) is 1. The molecule has 1 heterocycles. The predicted molar refractivity (Wildman–Crippen MR) is 65.7 cm³/mol. The fourth-order valence-corrected chi connectivity index (χ4v) is 2.24. The van der Waals surface area contributed by atoms with Crippen molar-refractivity contribution >= 4 is 23.1 Å². The number of nitrogens with zero attached hydrogens (tertiary/aromatic N) is 2. The number of aliphatic hydroxyl groups excluding tert-OH is 1. The number of hydrogen-bond donors (Lipinski definition) is 2. The van der Waals surface area contributed by atoms with Crippen LogP contribution in [0.2, 0.25) is 5.15 Å². The lowest BCUT2D eigenvalue weighted by Gasteiger charge is -2.34. The van der Waals surface area contributed by atoms with Crippen LogP contribution in [-0.4, -0.2) is 29.8 Å². The molecule has 1 saturated carbocycles. The highest BCUT2D eigenvalue weighted by atomic mass is 35.5. The van der Waals surface area contributed by atoms with Gasteiger partial charge in [-0.15, -0.1) is 0 Å². The van der Waals surface area contributed by atoms with Gasteiger partial charge in [-0.3, -0.25) is 0 Å². The third-order valence-electron chi connectivity index (χ3n) is 2.94. The van der Waals surface area contributed by atoms with Gasteiger partial charge in [0.05, 0.1) is 6.10 Å². The minimum Gasteiger partial charge on any atom is -0.399 e. The Balaban J connectivity index is 2.00. The van der Waals surface area contributed by atoms with Crippen molar-refractivity contribution in [3.8, 4) is 0 Å². The monoisotopic (exact) mass is 241 g/mol. The maximum absolute atomic E-state index is 9.21. The molecule has 2 rings (SSSR count). The smallest absolute Gasteiger partial charge is 0.133 e. The molecule has 0 radical (unpaired) electrons. The summed E-state index contributed by atoms with van der Waals surface area (Å²) in [6, 6.07) is 3.44. The van der Waals surface area contributed by atoms with Crippen molar-refractivity contribution in [2.75, 3.05) is 24.2 Å². The molecule has 4 nitrogen and oxygen atoms in total. The van der Waals surface area contributed by atoms with E-state index in [0.717, 1.165) is 25.2 Å². The van der Waals surface area contributed by atoms with E-state index in [1.807, 2.05) is 11.9 Å². The Morgan fingerprint density at radius 2 is 2.25 bits per heavy atom. The van der Waals surface area contributed by atoms with Gasteiger partial charge in [0.15, 0.2) is 0 Å². The molecular formula is C11H16ClN3O. The molecule has 0 amide bonds. The Morgan fingerprint density at radius 3 is 2.81 bits per heavy atom. The SMILES string of the molecule is CN(CC1CC(O)C1)c1cc(N)cc(Cl)n1. The van der Waals surface area contributed by atoms with Crippen molar-refractivity contribution in [3.05, 3.63) is 17.3 Å². The molecule has 1 aromatic rings. The van der Waals surface area contributed by atoms with Gasteiger partial charge in [0.25, 0.3) is 0 Å². The van der Waals surface area contributed by atoms with E-state index >= 15 is 0 Å². The summed E-state index contributed by atoms with van der Waals surface area (Å²) in [4.78, 5) is 6.24. The van der Waals surface area contributed by atoms with Gasteiger partial charge in [0.1, 0.15) is 11.0 Å². The number of aliphatic hydroxyl groups is 1. The first-order chi connectivity index (χ1) is 7.54. The third kappa shape index (κ3) is 2.57. The fraction of sp³-hybridized carbons (Fsp3) is 0.545. The van der Waals surface area contributed by atoms with Gasteiger partial charge < -0.3 is 15.7 Å². The molecule has 1 fully saturated rings. The molecule has 0 spiro atoms. The van der Waals surface area contributed by atoms with E-state index in [4.69, 9.17) is 17.3 Å². The number of halogens is 1. The maximum Gasteiger partial charge on any atom is 0.133 e. The molecule has 0 atom stereocenters. The lowest BCUT2D eigenvalue weighted by atomic mass is 9.82. The number of hydrogen-bond acceptors (Lipinski definition) is 4. The molecule has 1 aliphatic rings. The zero-order valence-corrected chi connectivity index (χ0v) is 9.98. The van der Waals surface area contributed by atoms with Gasteiger partial charge >= 0.3 is 0 Å². The average molecular weight is 242 g/mol. The molecule has 1 aliphatic carbocycles. The Bertz CT molecular complexity index is 359. The van der Waals surface area contributed by atoms with E-state index < -0.39 is 0 Å². The zero-order chi connectivity index (χ0) is 11.7. The zero-order valence-electron chi connectivity index (χ0n) is 9.23. The van der Waals surface area contributed by atoms with Gasteiger partial charge in [0.2, 0.25) is 0 Å². The van der Waals surface area contributed by atoms with E-state index in [-0.39, 0.29) is 6.10 Å². The average Bonchev–Trinajstić information content (AvgIpc) is 2.13. The van der Waals surface area contributed by atoms with Crippen LogP contribution >= 0.6 is 11.6 Å². The molecule has 0 aromatic carbocycles. The topological polar surface area (TPSA) is 62.4 Å². The minimum atomic E-state index is -0.115. The number of pyridine rings is 1. The number of nitrogen functional groups attached to an aromatic ring is 1. The summed E-state index contributed by atoms with van der Waals surface area (Å²) in [7, 11) is 1.96. The van der Waals surface area contributed by atoms with Gasteiger partial charge in [0, 0.05) is 25.3 Å². The molecule has 0 aliphatic heterocycles. The first kappa shape index (κ1) is 11.5. The summed E-state index contributed by atoms with van der Waals surface area (Å²) >= 11 is 5.84. The van der Waals surface area contributed by atoms with E-state index in [1.54, 1.807) is 12.1 Å². The summed E-state index contributed by atoms with van der Waals surface area (Å²) in [5.41, 5.74) is 6.33. The standard InChI is InChI=1S/C11H16ClN3O/c1-15(6-7-2-9(16)3-7)11-5-8(13)4-10(12)14-11/h4-5,7,9,16H,2-3,6H2,1H3,(H2,13,14). The molecule has 0 bridgehead atoms. The first-order valence-corrected chi connectivity index (χ1v) is 5.74. The summed E-state index contributed by atoms with van der Waals surface area (Å²) in [5.74, 6) is 1.33. The molecule has 5 heteroatoms. The van der Waals surface area contributed by atoms with Crippen molar-refractivity contribution in [3.63, 3.8) is 0 Å². The predicted octanol–water partition coefficient (Wildman–Crippen LogP) is 1.52. The van der Waals surface area contributed by atoms with Crippen LogP contribution in [0.5, 0.6) is 0 Å². The van der Waals surface area contributed by atoms with Crippen LogP contribution in [0.3, 0.4) is 0 Å². The van der Waals surface area contributed by atoms with Crippen molar-refractivity contribution in [2.24, 2.45) is 5.92 Å². The van der Waals surface area contributed by atoms with Crippen molar-refractivity contribution in [1.82, 2.24) is 4.98 Å². The number of anilines is 2. The van der Waals surface area contributed by atoms with Crippen LogP contribution in [0.1, 0.15) is 12.8 Å². The molecule has 88 valence electrons. The van der Waals surface area contributed by atoms with E-state index in [1.165, 1.54) is 0 Å². The third-order valence-corrected chi connectivity index (χ3v) is 3.13. The summed E-state index contributed by atoms with van der Waals surface area (Å²) in [6.07, 6.45) is 1.64. The Hall–Kier alpha value is -1.00. The second-order valence-electron chi connectivity index (χ2n) is 4.45. The molecule has 16 heavy (non-hydrogen) atoms. The van der Waals surface area contributed by atoms with Crippen LogP contribution in [0.25, 0.3) is 0 Å². The van der Waals surface area contributed by atoms with Crippen LogP contribution < -0.4 is 10.6 Å². The van der Waals surface area contributed by atoms with E-state index in [2.05, 4.69) is 4.98 Å². The van der Waals surface area contributed by atoms with Gasteiger partial charge in [-0.05, 0) is 24.8 Å². The van der Waals surface area contributed by atoms with E-state index in [0.29, 0.717) is 16.8 Å². The van der Waals surface area contributed by atoms with Crippen LogP contribution in [0.4, 0.5) is 11.5 Å². The highest BCUT2D eigenvalue weighted by molar-refractivity contribution is 6.29. The quantitative estimate of drug-likeness (QED) is 0.788. The molecular weight excluding hydrogens is 226 g/mol. The number of aromatic nitrogens is 1. The molecule has 1 aromatic heterocycles. The fourth-order valence-electron chi connectivity index (χ4n) is 2.03. The van der Waals surface area contributed by atoms with Crippen molar-refractivity contribution in [1.29, 1.82) is 0 Å². The van der Waals surface area contributed by atoms with Gasteiger partial charge in [-0.2, -0.15) is 0 Å². The highest BCUT2D eigenvalue weighted by Crippen LogP contribution is 2.29. The molecule has 0 unspecified atom stereocenters. The lowest BCUT2D eigenvalue weighted by Crippen LogP contribution is -2.37. The largest absolute Gasteiger partial charge is 0.399 e. The van der Waals surface area contributed by atoms with Crippen molar-refractivity contribution in [2.45, 2.75) is 18.9 Å². The lowest BCUT2D eigenvalue weighted by molar-refractivity contribution is 0.0464. The van der Waals surface area contributed by atoms with Crippen LogP contribution in [0.15, 0.2) is 12.1 Å². The highest BCUT2D eigenvalue weighted by Gasteiger charge is 2.28. The Kier molecular flexibility index (Phi) is 3.21.